The molecule has 6 heteroatoms. The van der Waals surface area contributed by atoms with E-state index in [-0.39, 0.29) is 24.3 Å². The van der Waals surface area contributed by atoms with Crippen LogP contribution in [0.2, 0.25) is 0 Å². The molecule has 0 saturated heterocycles. The molecule has 92 valence electrons. The predicted molar refractivity (Wildman–Crippen MR) is 63.2 cm³/mol. The van der Waals surface area contributed by atoms with Crippen molar-refractivity contribution in [1.82, 2.24) is 0 Å². The molecule has 0 aliphatic rings. The Kier molecular flexibility index (Phi) is 4.96. The van der Waals surface area contributed by atoms with E-state index in [0.717, 1.165) is 0 Å². The smallest absolute Gasteiger partial charge is 0.339 e. The quantitative estimate of drug-likeness (QED) is 0.843. The minimum Gasteiger partial charge on any atom is -0.491 e. The van der Waals surface area contributed by atoms with Gasteiger partial charge in [0.05, 0.1) is 24.6 Å². The molecular formula is C11H11BrO5. The van der Waals surface area contributed by atoms with Crippen LogP contribution in [0.5, 0.6) is 5.75 Å². The van der Waals surface area contributed by atoms with Crippen molar-refractivity contribution in [3.63, 3.8) is 0 Å². The van der Waals surface area contributed by atoms with Crippen LogP contribution < -0.4 is 4.74 Å². The maximum atomic E-state index is 10.9. The summed E-state index contributed by atoms with van der Waals surface area (Å²) in [5, 5.41) is 8.95. The highest BCUT2D eigenvalue weighted by molar-refractivity contribution is 9.10. The molecular weight excluding hydrogens is 292 g/mol. The maximum Gasteiger partial charge on any atom is 0.339 e. The molecule has 0 aliphatic heterocycles. The Hall–Kier alpha value is -1.56. The molecule has 5 nitrogen and oxygen atoms in total. The highest BCUT2D eigenvalue weighted by atomic mass is 79.9. The number of aromatic carboxylic acids is 1. The van der Waals surface area contributed by atoms with Crippen molar-refractivity contribution >= 4 is 27.9 Å². The van der Waals surface area contributed by atoms with E-state index >= 15 is 0 Å². The van der Waals surface area contributed by atoms with Crippen molar-refractivity contribution in [2.45, 2.75) is 6.42 Å². The van der Waals surface area contributed by atoms with E-state index in [1.54, 1.807) is 12.1 Å². The zero-order chi connectivity index (χ0) is 12.8. The summed E-state index contributed by atoms with van der Waals surface area (Å²) in [7, 11) is 1.28. The van der Waals surface area contributed by atoms with Crippen LogP contribution in [-0.4, -0.2) is 30.8 Å². The normalized spacial score (nSPS) is 9.76. The zero-order valence-corrected chi connectivity index (χ0v) is 10.7. The van der Waals surface area contributed by atoms with Gasteiger partial charge in [-0.3, -0.25) is 4.79 Å². The van der Waals surface area contributed by atoms with Crippen LogP contribution in [0, 0.1) is 0 Å². The fraction of sp³-hybridized carbons (Fsp3) is 0.273. The summed E-state index contributed by atoms with van der Waals surface area (Å²) < 4.78 is 10.3. The number of esters is 1. The van der Waals surface area contributed by atoms with Crippen molar-refractivity contribution in [2.24, 2.45) is 0 Å². The first-order valence-electron chi connectivity index (χ1n) is 4.77. The summed E-state index contributed by atoms with van der Waals surface area (Å²) in [5.41, 5.74) is 0.0456. The first-order chi connectivity index (χ1) is 8.06. The fourth-order valence-corrected chi connectivity index (χ4v) is 1.64. The van der Waals surface area contributed by atoms with Gasteiger partial charge in [-0.25, -0.2) is 4.79 Å². The molecule has 1 aromatic rings. The van der Waals surface area contributed by atoms with Gasteiger partial charge < -0.3 is 14.6 Å². The number of methoxy groups -OCH3 is 1. The Morgan fingerprint density at radius 1 is 1.41 bits per heavy atom. The third-order valence-corrected chi connectivity index (χ3v) is 2.60. The van der Waals surface area contributed by atoms with E-state index in [9.17, 15) is 9.59 Å². The number of hydrogen-bond acceptors (Lipinski definition) is 4. The number of benzene rings is 1. The molecule has 0 radical (unpaired) electrons. The van der Waals surface area contributed by atoms with Gasteiger partial charge in [0, 0.05) is 0 Å². The molecule has 1 N–H and O–H groups in total. The lowest BCUT2D eigenvalue weighted by molar-refractivity contribution is -0.141. The molecule has 0 atom stereocenters. The van der Waals surface area contributed by atoms with Crippen molar-refractivity contribution in [2.75, 3.05) is 13.7 Å². The van der Waals surface area contributed by atoms with Crippen molar-refractivity contribution < 1.29 is 24.2 Å². The van der Waals surface area contributed by atoms with Gasteiger partial charge in [-0.15, -0.1) is 0 Å². The second-order valence-electron chi connectivity index (χ2n) is 3.10. The lowest BCUT2D eigenvalue weighted by Crippen LogP contribution is -2.10. The van der Waals surface area contributed by atoms with Gasteiger partial charge in [0.15, 0.2) is 0 Å². The number of ether oxygens (including phenoxy) is 2. The highest BCUT2D eigenvalue weighted by Crippen LogP contribution is 2.29. The summed E-state index contributed by atoms with van der Waals surface area (Å²) in [5.74, 6) is -1.28. The third-order valence-electron chi connectivity index (χ3n) is 1.98. The fourth-order valence-electron chi connectivity index (χ4n) is 1.16. The van der Waals surface area contributed by atoms with E-state index in [4.69, 9.17) is 9.84 Å². The van der Waals surface area contributed by atoms with Gasteiger partial charge in [0.2, 0.25) is 0 Å². The van der Waals surface area contributed by atoms with Gasteiger partial charge in [-0.2, -0.15) is 0 Å². The largest absolute Gasteiger partial charge is 0.491 e. The van der Waals surface area contributed by atoms with Gasteiger partial charge in [-0.05, 0) is 28.1 Å². The summed E-state index contributed by atoms with van der Waals surface area (Å²) in [6, 6.07) is 4.70. The summed E-state index contributed by atoms with van der Waals surface area (Å²) in [6.45, 7) is 0.0650. The lowest BCUT2D eigenvalue weighted by Gasteiger charge is -2.10. The zero-order valence-electron chi connectivity index (χ0n) is 9.10. The topological polar surface area (TPSA) is 72.8 Å². The van der Waals surface area contributed by atoms with Gasteiger partial charge in [0.25, 0.3) is 0 Å². The molecule has 0 unspecified atom stereocenters. The average Bonchev–Trinajstić information content (AvgIpc) is 2.30. The number of rotatable bonds is 5. The van der Waals surface area contributed by atoms with Crippen LogP contribution in [-0.2, 0) is 9.53 Å². The van der Waals surface area contributed by atoms with Crippen LogP contribution in [0.3, 0.4) is 0 Å². The van der Waals surface area contributed by atoms with Gasteiger partial charge in [0.1, 0.15) is 11.3 Å². The molecule has 0 bridgehead atoms. The first kappa shape index (κ1) is 13.5. The van der Waals surface area contributed by atoms with Crippen molar-refractivity contribution in [1.29, 1.82) is 0 Å². The van der Waals surface area contributed by atoms with Crippen LogP contribution in [0.4, 0.5) is 0 Å². The summed E-state index contributed by atoms with van der Waals surface area (Å²) in [6.07, 6.45) is 0.0664. The van der Waals surface area contributed by atoms with E-state index in [0.29, 0.717) is 4.47 Å². The Morgan fingerprint density at radius 3 is 2.71 bits per heavy atom. The number of carboxylic acid groups (broad SMARTS) is 1. The van der Waals surface area contributed by atoms with E-state index < -0.39 is 11.9 Å². The number of carbonyl (C=O) groups is 2. The Bertz CT molecular complexity index is 430. The van der Waals surface area contributed by atoms with Gasteiger partial charge >= 0.3 is 11.9 Å². The molecule has 0 saturated carbocycles. The van der Waals surface area contributed by atoms with Crippen molar-refractivity contribution in [3.8, 4) is 5.75 Å². The monoisotopic (exact) mass is 302 g/mol. The molecule has 0 aromatic heterocycles. The maximum absolute atomic E-state index is 10.9. The standard InChI is InChI=1S/C11H11BrO5/c1-16-9(13)5-6-17-10-7(11(14)15)3-2-4-8(10)12/h2-4H,5-6H2,1H3,(H,14,15). The minimum atomic E-state index is -1.08. The summed E-state index contributed by atoms with van der Waals surface area (Å²) >= 11 is 3.20. The molecule has 0 heterocycles. The molecule has 0 spiro atoms. The second-order valence-corrected chi connectivity index (χ2v) is 3.95. The van der Waals surface area contributed by atoms with E-state index in [1.165, 1.54) is 13.2 Å². The lowest BCUT2D eigenvalue weighted by atomic mass is 10.2. The number of carboxylic acids is 1. The number of carbonyl (C=O) groups excluding carboxylic acids is 1. The minimum absolute atomic E-state index is 0.0456. The van der Waals surface area contributed by atoms with E-state index in [2.05, 4.69) is 20.7 Å². The van der Waals surface area contributed by atoms with Crippen molar-refractivity contribution in [3.05, 3.63) is 28.2 Å². The Balaban J connectivity index is 2.76. The molecule has 0 fully saturated rings. The van der Waals surface area contributed by atoms with E-state index in [1.807, 2.05) is 0 Å². The average molecular weight is 303 g/mol. The molecule has 1 rings (SSSR count). The predicted octanol–water partition coefficient (Wildman–Crippen LogP) is 2.09. The molecule has 0 aliphatic carbocycles. The number of para-hydroxylation sites is 1. The molecule has 1 aromatic carbocycles. The Morgan fingerprint density at radius 2 is 2.12 bits per heavy atom. The van der Waals surface area contributed by atoms with Crippen LogP contribution >= 0.6 is 15.9 Å². The highest BCUT2D eigenvalue weighted by Gasteiger charge is 2.14. The second kappa shape index (κ2) is 6.24. The number of halogens is 1. The molecule has 17 heavy (non-hydrogen) atoms. The Labute approximate surface area is 106 Å². The third kappa shape index (κ3) is 3.74. The summed E-state index contributed by atoms with van der Waals surface area (Å²) in [4.78, 5) is 21.8. The van der Waals surface area contributed by atoms with Crippen LogP contribution in [0.1, 0.15) is 16.8 Å². The molecule has 0 amide bonds. The van der Waals surface area contributed by atoms with Crippen LogP contribution in [0.15, 0.2) is 22.7 Å². The SMILES string of the molecule is COC(=O)CCOc1c(Br)cccc1C(=O)O. The number of hydrogen-bond donors (Lipinski definition) is 1. The first-order valence-corrected chi connectivity index (χ1v) is 5.57. The van der Waals surface area contributed by atoms with Crippen LogP contribution in [0.25, 0.3) is 0 Å². The van der Waals surface area contributed by atoms with Gasteiger partial charge in [-0.1, -0.05) is 6.07 Å².